The fourth-order valence-corrected chi connectivity index (χ4v) is 4.43. The highest BCUT2D eigenvalue weighted by molar-refractivity contribution is 6.05. The van der Waals surface area contributed by atoms with Crippen LogP contribution >= 0.6 is 0 Å². The minimum absolute atomic E-state index is 0.325. The highest BCUT2D eigenvalue weighted by Crippen LogP contribution is 2.35. The second kappa shape index (κ2) is 8.34. The van der Waals surface area contributed by atoms with Crippen LogP contribution in [0.25, 0.3) is 11.0 Å². The summed E-state index contributed by atoms with van der Waals surface area (Å²) in [5.41, 5.74) is 4.33. The number of aromatic nitrogens is 3. The first-order valence-electron chi connectivity index (χ1n) is 10.5. The Labute approximate surface area is 177 Å². The van der Waals surface area contributed by atoms with Crippen molar-refractivity contribution < 1.29 is 9.53 Å². The van der Waals surface area contributed by atoms with Gasteiger partial charge in [0.1, 0.15) is 5.56 Å². The van der Waals surface area contributed by atoms with Crippen LogP contribution in [0.2, 0.25) is 0 Å². The van der Waals surface area contributed by atoms with Gasteiger partial charge in [0.25, 0.3) is 0 Å². The number of anilines is 2. The normalized spacial score (nSPS) is 14.9. The van der Waals surface area contributed by atoms with E-state index in [2.05, 4.69) is 51.2 Å². The number of pyridine rings is 1. The molecule has 1 aliphatic heterocycles. The van der Waals surface area contributed by atoms with Gasteiger partial charge in [0.05, 0.1) is 23.4 Å². The molecule has 2 aromatic heterocycles. The molecule has 0 unspecified atom stereocenters. The monoisotopic (exact) mass is 407 g/mol. The summed E-state index contributed by atoms with van der Waals surface area (Å²) in [6.45, 7) is 5.86. The zero-order valence-electron chi connectivity index (χ0n) is 18.1. The molecule has 7 nitrogen and oxygen atoms in total. The Balaban J connectivity index is 1.64. The van der Waals surface area contributed by atoms with Gasteiger partial charge >= 0.3 is 5.97 Å². The Bertz CT molecular complexity index is 1040. The molecule has 30 heavy (non-hydrogen) atoms. The summed E-state index contributed by atoms with van der Waals surface area (Å²) < 4.78 is 7.11. The van der Waals surface area contributed by atoms with Crippen molar-refractivity contribution in [3.63, 3.8) is 0 Å². The number of fused-ring (bicyclic) bond motifs is 1. The molecule has 0 spiro atoms. The number of hydrogen-bond donors (Lipinski definition) is 0. The summed E-state index contributed by atoms with van der Waals surface area (Å²) in [5, 5.41) is 5.48. The van der Waals surface area contributed by atoms with Crippen molar-refractivity contribution >= 4 is 28.4 Å². The van der Waals surface area contributed by atoms with Crippen molar-refractivity contribution in [1.82, 2.24) is 14.8 Å². The van der Waals surface area contributed by atoms with Crippen LogP contribution in [-0.2, 0) is 11.8 Å². The van der Waals surface area contributed by atoms with Gasteiger partial charge < -0.3 is 14.5 Å². The molecule has 1 aromatic carbocycles. The van der Waals surface area contributed by atoms with E-state index < -0.39 is 0 Å². The van der Waals surface area contributed by atoms with Crippen LogP contribution in [0.4, 0.5) is 11.4 Å². The van der Waals surface area contributed by atoms with Crippen LogP contribution in [-0.4, -0.2) is 53.5 Å². The standard InChI is InChI=1S/C23H29N5O2/c1-5-30-23(29)19-15-24-22-20(16(2)25-27(22)4)21(19)28-13-11-18(12-14-28)26(3)17-9-7-6-8-10-17/h6-10,15,18H,5,11-14H2,1-4H3. The Morgan fingerprint density at radius 3 is 2.60 bits per heavy atom. The third-order valence-electron chi connectivity index (χ3n) is 5.99. The number of piperidine rings is 1. The first-order valence-corrected chi connectivity index (χ1v) is 10.5. The average Bonchev–Trinajstić information content (AvgIpc) is 3.07. The summed E-state index contributed by atoms with van der Waals surface area (Å²) in [6, 6.07) is 11.0. The third kappa shape index (κ3) is 3.60. The number of carbonyl (C=O) groups is 1. The lowest BCUT2D eigenvalue weighted by molar-refractivity contribution is 0.0526. The third-order valence-corrected chi connectivity index (χ3v) is 5.99. The highest BCUT2D eigenvalue weighted by atomic mass is 16.5. The molecule has 1 saturated heterocycles. The van der Waals surface area contributed by atoms with Gasteiger partial charge in [0, 0.05) is 45.1 Å². The second-order valence-corrected chi connectivity index (χ2v) is 7.81. The van der Waals surface area contributed by atoms with E-state index in [1.54, 1.807) is 10.9 Å². The van der Waals surface area contributed by atoms with Crippen LogP contribution in [0.3, 0.4) is 0 Å². The van der Waals surface area contributed by atoms with E-state index in [0.717, 1.165) is 48.3 Å². The van der Waals surface area contributed by atoms with E-state index in [1.165, 1.54) is 5.69 Å². The van der Waals surface area contributed by atoms with E-state index in [9.17, 15) is 4.79 Å². The largest absolute Gasteiger partial charge is 0.462 e. The van der Waals surface area contributed by atoms with Crippen LogP contribution in [0.1, 0.15) is 35.8 Å². The molecule has 158 valence electrons. The number of benzene rings is 1. The molecular formula is C23H29N5O2. The number of nitrogens with zero attached hydrogens (tertiary/aromatic N) is 5. The maximum atomic E-state index is 12.7. The molecule has 0 N–H and O–H groups in total. The maximum absolute atomic E-state index is 12.7. The number of aryl methyl sites for hydroxylation is 2. The van der Waals surface area contributed by atoms with E-state index >= 15 is 0 Å². The minimum atomic E-state index is -0.325. The molecular weight excluding hydrogens is 378 g/mol. The van der Waals surface area contributed by atoms with E-state index in [0.29, 0.717) is 18.2 Å². The molecule has 4 rings (SSSR count). The number of esters is 1. The van der Waals surface area contributed by atoms with Crippen LogP contribution < -0.4 is 9.80 Å². The molecule has 1 fully saturated rings. The second-order valence-electron chi connectivity index (χ2n) is 7.81. The smallest absolute Gasteiger partial charge is 0.341 e. The van der Waals surface area contributed by atoms with Crippen molar-refractivity contribution in [1.29, 1.82) is 0 Å². The van der Waals surface area contributed by atoms with Crippen molar-refractivity contribution in [2.45, 2.75) is 32.7 Å². The fraction of sp³-hybridized carbons (Fsp3) is 0.435. The Hall–Kier alpha value is -3.09. The highest BCUT2D eigenvalue weighted by Gasteiger charge is 2.29. The number of ether oxygens (including phenoxy) is 1. The molecule has 3 heterocycles. The fourth-order valence-electron chi connectivity index (χ4n) is 4.43. The number of para-hydroxylation sites is 1. The van der Waals surface area contributed by atoms with Crippen LogP contribution in [0.15, 0.2) is 36.5 Å². The van der Waals surface area contributed by atoms with Crippen molar-refractivity contribution in [3.05, 3.63) is 47.8 Å². The predicted molar refractivity (Wildman–Crippen MR) is 119 cm³/mol. The molecule has 0 saturated carbocycles. The lowest BCUT2D eigenvalue weighted by Gasteiger charge is -2.39. The number of carbonyl (C=O) groups excluding carboxylic acids is 1. The van der Waals surface area contributed by atoms with E-state index in [4.69, 9.17) is 4.74 Å². The predicted octanol–water partition coefficient (Wildman–Crippen LogP) is 3.56. The molecule has 3 aromatic rings. The minimum Gasteiger partial charge on any atom is -0.462 e. The van der Waals surface area contributed by atoms with Crippen LogP contribution in [0.5, 0.6) is 0 Å². The molecule has 0 aliphatic carbocycles. The SMILES string of the molecule is CCOC(=O)c1cnc2c(c(C)nn2C)c1N1CCC(N(C)c2ccccc2)CC1. The summed E-state index contributed by atoms with van der Waals surface area (Å²) in [7, 11) is 4.05. The van der Waals surface area contributed by atoms with Gasteiger partial charge in [0.15, 0.2) is 5.65 Å². The summed E-state index contributed by atoms with van der Waals surface area (Å²) in [4.78, 5) is 21.9. The van der Waals surface area contributed by atoms with Crippen molar-refractivity contribution in [2.75, 3.05) is 36.5 Å². The van der Waals surface area contributed by atoms with Crippen LogP contribution in [0, 0.1) is 6.92 Å². The first kappa shape index (κ1) is 20.2. The van der Waals surface area contributed by atoms with E-state index in [1.807, 2.05) is 27.0 Å². The lowest BCUT2D eigenvalue weighted by Crippen LogP contribution is -2.44. The van der Waals surface area contributed by atoms with E-state index in [-0.39, 0.29) is 5.97 Å². The Morgan fingerprint density at radius 2 is 1.93 bits per heavy atom. The lowest BCUT2D eigenvalue weighted by atomic mass is 10.00. The van der Waals surface area contributed by atoms with Gasteiger partial charge in [-0.15, -0.1) is 0 Å². The zero-order valence-corrected chi connectivity index (χ0v) is 18.1. The van der Waals surface area contributed by atoms with Gasteiger partial charge in [-0.3, -0.25) is 4.68 Å². The van der Waals surface area contributed by atoms with Gasteiger partial charge in [-0.2, -0.15) is 5.10 Å². The average molecular weight is 408 g/mol. The van der Waals surface area contributed by atoms with Crippen molar-refractivity contribution in [2.24, 2.45) is 7.05 Å². The Morgan fingerprint density at radius 1 is 1.23 bits per heavy atom. The topological polar surface area (TPSA) is 63.5 Å². The molecule has 0 radical (unpaired) electrons. The van der Waals surface area contributed by atoms with Crippen molar-refractivity contribution in [3.8, 4) is 0 Å². The molecule has 7 heteroatoms. The summed E-state index contributed by atoms with van der Waals surface area (Å²) >= 11 is 0. The quantitative estimate of drug-likeness (QED) is 0.603. The van der Waals surface area contributed by atoms with Gasteiger partial charge in [-0.05, 0) is 38.8 Å². The summed E-state index contributed by atoms with van der Waals surface area (Å²) in [5.74, 6) is -0.325. The number of hydrogen-bond acceptors (Lipinski definition) is 6. The zero-order chi connectivity index (χ0) is 21.3. The molecule has 0 amide bonds. The Kier molecular flexibility index (Phi) is 5.61. The summed E-state index contributed by atoms with van der Waals surface area (Å²) in [6.07, 6.45) is 3.66. The maximum Gasteiger partial charge on any atom is 0.341 e. The number of rotatable bonds is 5. The molecule has 0 atom stereocenters. The van der Waals surface area contributed by atoms with Gasteiger partial charge in [-0.1, -0.05) is 18.2 Å². The van der Waals surface area contributed by atoms with Gasteiger partial charge in [0.2, 0.25) is 0 Å². The first-order chi connectivity index (χ1) is 14.5. The molecule has 1 aliphatic rings. The molecule has 0 bridgehead atoms. The van der Waals surface area contributed by atoms with Gasteiger partial charge in [-0.25, -0.2) is 9.78 Å².